The van der Waals surface area contributed by atoms with Crippen LogP contribution in [0.1, 0.15) is 30.3 Å². The molecule has 0 fully saturated rings. The number of nitrogens with one attached hydrogen (secondary N) is 1. The van der Waals surface area contributed by atoms with Gasteiger partial charge in [-0.05, 0) is 49.2 Å². The van der Waals surface area contributed by atoms with E-state index in [-0.39, 0.29) is 5.91 Å². The summed E-state index contributed by atoms with van der Waals surface area (Å²) in [5.41, 5.74) is 3.74. The second kappa shape index (κ2) is 8.34. The lowest BCUT2D eigenvalue weighted by molar-refractivity contribution is -0.116. The first-order chi connectivity index (χ1) is 12.7. The van der Waals surface area contributed by atoms with Crippen molar-refractivity contribution in [3.05, 3.63) is 71.7 Å². The van der Waals surface area contributed by atoms with Crippen LogP contribution in [-0.2, 0) is 11.3 Å². The molecule has 5 nitrogen and oxygen atoms in total. The number of aryl methyl sites for hydroxylation is 1. The Bertz CT molecular complexity index is 911. The Kier molecular flexibility index (Phi) is 5.69. The molecule has 0 bridgehead atoms. The third kappa shape index (κ3) is 4.30. The van der Waals surface area contributed by atoms with Crippen LogP contribution in [0.5, 0.6) is 5.75 Å². The van der Waals surface area contributed by atoms with E-state index in [0.29, 0.717) is 13.2 Å². The van der Waals surface area contributed by atoms with Gasteiger partial charge in [0.1, 0.15) is 11.4 Å². The smallest absolute Gasteiger partial charge is 0.244 e. The summed E-state index contributed by atoms with van der Waals surface area (Å²) in [7, 11) is 0. The number of amides is 1. The summed E-state index contributed by atoms with van der Waals surface area (Å²) < 4.78 is 7.54. The van der Waals surface area contributed by atoms with Crippen molar-refractivity contribution in [3.63, 3.8) is 0 Å². The largest absolute Gasteiger partial charge is 0.494 e. The van der Waals surface area contributed by atoms with Crippen molar-refractivity contribution >= 4 is 17.6 Å². The van der Waals surface area contributed by atoms with Gasteiger partial charge in [0.05, 0.1) is 24.5 Å². The van der Waals surface area contributed by atoms with Crippen LogP contribution in [0.3, 0.4) is 0 Å². The maximum atomic E-state index is 12.1. The Morgan fingerprint density at radius 2 is 2.04 bits per heavy atom. The van der Waals surface area contributed by atoms with Gasteiger partial charge in [-0.1, -0.05) is 25.1 Å². The molecule has 3 aromatic rings. The topological polar surface area (TPSA) is 55.6 Å². The van der Waals surface area contributed by atoms with Crippen LogP contribution in [0.2, 0.25) is 0 Å². The summed E-state index contributed by atoms with van der Waals surface area (Å²) in [6.07, 6.45) is 6.27. The standard InChI is InChI=1S/C21H23N3O2/c1-3-14-26-18-10-7-17(8-11-18)9-12-21(25)22-15-19-16(2)23-20-6-4-5-13-24(19)20/h4-13H,3,14-15H2,1-2H3,(H,22,25)/b12-9+. The molecule has 0 aliphatic rings. The number of pyridine rings is 1. The van der Waals surface area contributed by atoms with Gasteiger partial charge in [0.2, 0.25) is 5.91 Å². The van der Waals surface area contributed by atoms with E-state index in [9.17, 15) is 4.79 Å². The first-order valence-corrected chi connectivity index (χ1v) is 8.78. The minimum atomic E-state index is -0.137. The summed E-state index contributed by atoms with van der Waals surface area (Å²) >= 11 is 0. The monoisotopic (exact) mass is 349 g/mol. The first kappa shape index (κ1) is 17.7. The molecule has 2 heterocycles. The number of fused-ring (bicyclic) bond motifs is 1. The zero-order chi connectivity index (χ0) is 18.4. The fourth-order valence-electron chi connectivity index (χ4n) is 2.67. The van der Waals surface area contributed by atoms with Gasteiger partial charge in [-0.3, -0.25) is 4.79 Å². The highest BCUT2D eigenvalue weighted by molar-refractivity contribution is 5.91. The van der Waals surface area contributed by atoms with Gasteiger partial charge in [-0.2, -0.15) is 0 Å². The van der Waals surface area contributed by atoms with Gasteiger partial charge >= 0.3 is 0 Å². The average molecular weight is 349 g/mol. The fourth-order valence-corrected chi connectivity index (χ4v) is 2.67. The normalized spacial score (nSPS) is 11.2. The highest BCUT2D eigenvalue weighted by Crippen LogP contribution is 2.14. The van der Waals surface area contributed by atoms with Gasteiger partial charge in [0.25, 0.3) is 0 Å². The van der Waals surface area contributed by atoms with Crippen molar-refractivity contribution in [1.29, 1.82) is 0 Å². The van der Waals surface area contributed by atoms with Gasteiger partial charge in [0, 0.05) is 12.3 Å². The lowest BCUT2D eigenvalue weighted by Gasteiger charge is -2.05. The molecule has 0 atom stereocenters. The van der Waals surface area contributed by atoms with Crippen molar-refractivity contribution in [1.82, 2.24) is 14.7 Å². The molecule has 5 heteroatoms. The molecular weight excluding hydrogens is 326 g/mol. The van der Waals surface area contributed by atoms with Crippen LogP contribution >= 0.6 is 0 Å². The summed E-state index contributed by atoms with van der Waals surface area (Å²) in [6.45, 7) is 5.17. The summed E-state index contributed by atoms with van der Waals surface area (Å²) in [4.78, 5) is 16.6. The summed E-state index contributed by atoms with van der Waals surface area (Å²) in [6, 6.07) is 13.5. The van der Waals surface area contributed by atoms with Crippen molar-refractivity contribution in [3.8, 4) is 5.75 Å². The minimum absolute atomic E-state index is 0.137. The minimum Gasteiger partial charge on any atom is -0.494 e. The second-order valence-corrected chi connectivity index (χ2v) is 6.04. The lowest BCUT2D eigenvalue weighted by Crippen LogP contribution is -2.21. The van der Waals surface area contributed by atoms with E-state index >= 15 is 0 Å². The Labute approximate surface area is 153 Å². The molecule has 0 radical (unpaired) electrons. The Morgan fingerprint density at radius 1 is 1.23 bits per heavy atom. The van der Waals surface area contributed by atoms with Crippen LogP contribution in [0.15, 0.2) is 54.7 Å². The van der Waals surface area contributed by atoms with Crippen LogP contribution in [0.4, 0.5) is 0 Å². The SMILES string of the molecule is CCCOc1ccc(/C=C/C(=O)NCc2c(C)nc3ccccn23)cc1. The molecule has 134 valence electrons. The van der Waals surface area contributed by atoms with E-state index in [2.05, 4.69) is 17.2 Å². The number of aromatic nitrogens is 2. The van der Waals surface area contributed by atoms with Crippen molar-refractivity contribution < 1.29 is 9.53 Å². The molecule has 2 aromatic heterocycles. The molecule has 1 amide bonds. The first-order valence-electron chi connectivity index (χ1n) is 8.78. The van der Waals surface area contributed by atoms with E-state index in [1.807, 2.05) is 60.0 Å². The zero-order valence-electron chi connectivity index (χ0n) is 15.1. The molecule has 0 aliphatic carbocycles. The maximum absolute atomic E-state index is 12.1. The Morgan fingerprint density at radius 3 is 2.81 bits per heavy atom. The predicted molar refractivity (Wildman–Crippen MR) is 103 cm³/mol. The van der Waals surface area contributed by atoms with E-state index < -0.39 is 0 Å². The van der Waals surface area contributed by atoms with E-state index in [1.165, 1.54) is 0 Å². The van der Waals surface area contributed by atoms with Gasteiger partial charge in [0.15, 0.2) is 0 Å². The van der Waals surface area contributed by atoms with Gasteiger partial charge in [-0.25, -0.2) is 4.98 Å². The number of hydrogen-bond acceptors (Lipinski definition) is 3. The number of benzene rings is 1. The van der Waals surface area contributed by atoms with Gasteiger partial charge < -0.3 is 14.5 Å². The van der Waals surface area contributed by atoms with Crippen molar-refractivity contribution in [2.45, 2.75) is 26.8 Å². The third-order valence-corrected chi connectivity index (χ3v) is 4.04. The fraction of sp³-hybridized carbons (Fsp3) is 0.238. The number of carbonyl (C=O) groups excluding carboxylic acids is 1. The van der Waals surface area contributed by atoms with Crippen LogP contribution in [-0.4, -0.2) is 21.9 Å². The molecular formula is C21H23N3O2. The van der Waals surface area contributed by atoms with Crippen LogP contribution < -0.4 is 10.1 Å². The van der Waals surface area contributed by atoms with E-state index in [1.54, 1.807) is 12.2 Å². The number of nitrogens with zero attached hydrogens (tertiary/aromatic N) is 2. The molecule has 3 rings (SSSR count). The second-order valence-electron chi connectivity index (χ2n) is 6.04. The number of ether oxygens (including phenoxy) is 1. The molecule has 0 saturated heterocycles. The van der Waals surface area contributed by atoms with Crippen molar-refractivity contribution in [2.24, 2.45) is 0 Å². The molecule has 0 saturated carbocycles. The summed E-state index contributed by atoms with van der Waals surface area (Å²) in [5.74, 6) is 0.707. The number of carbonyl (C=O) groups is 1. The average Bonchev–Trinajstić information content (AvgIpc) is 2.99. The number of rotatable bonds is 7. The van der Waals surface area contributed by atoms with E-state index in [0.717, 1.165) is 34.8 Å². The maximum Gasteiger partial charge on any atom is 0.244 e. The quantitative estimate of drug-likeness (QED) is 0.661. The molecule has 0 unspecified atom stereocenters. The number of imidazole rings is 1. The highest BCUT2D eigenvalue weighted by Gasteiger charge is 2.08. The van der Waals surface area contributed by atoms with E-state index in [4.69, 9.17) is 4.74 Å². The highest BCUT2D eigenvalue weighted by atomic mass is 16.5. The van der Waals surface area contributed by atoms with Crippen molar-refractivity contribution in [2.75, 3.05) is 6.61 Å². The summed E-state index contributed by atoms with van der Waals surface area (Å²) in [5, 5.41) is 2.92. The van der Waals surface area contributed by atoms with Crippen LogP contribution in [0.25, 0.3) is 11.7 Å². The lowest BCUT2D eigenvalue weighted by atomic mass is 10.2. The molecule has 0 spiro atoms. The predicted octanol–water partition coefficient (Wildman–Crippen LogP) is 3.76. The number of hydrogen-bond donors (Lipinski definition) is 1. The molecule has 1 aromatic carbocycles. The molecule has 1 N–H and O–H groups in total. The third-order valence-electron chi connectivity index (χ3n) is 4.04. The zero-order valence-corrected chi connectivity index (χ0v) is 15.1. The molecule has 26 heavy (non-hydrogen) atoms. The Hall–Kier alpha value is -3.08. The Balaban J connectivity index is 1.58. The molecule has 0 aliphatic heterocycles. The van der Waals surface area contributed by atoms with Gasteiger partial charge in [-0.15, -0.1) is 0 Å². The van der Waals surface area contributed by atoms with Crippen LogP contribution in [0, 0.1) is 6.92 Å².